The van der Waals surface area contributed by atoms with Crippen molar-refractivity contribution in [2.24, 2.45) is 0 Å². The maximum Gasteiger partial charge on any atom is 0.305 e. The van der Waals surface area contributed by atoms with Crippen LogP contribution in [0.4, 0.5) is 0 Å². The van der Waals surface area contributed by atoms with Gasteiger partial charge in [-0.25, -0.2) is 0 Å². The number of carbonyl (C=O) groups excluding carboxylic acids is 2. The van der Waals surface area contributed by atoms with Gasteiger partial charge in [0.1, 0.15) is 25.4 Å². The van der Waals surface area contributed by atoms with Crippen molar-refractivity contribution in [2.45, 2.75) is 116 Å². The average molecular weight is 479 g/mol. The largest absolute Gasteiger partial charge is 0.463 e. The molecule has 6 nitrogen and oxygen atoms in total. The van der Waals surface area contributed by atoms with Crippen LogP contribution in [-0.4, -0.2) is 50.6 Å². The highest BCUT2D eigenvalue weighted by Gasteiger charge is 2.24. The molecule has 0 saturated carbocycles. The monoisotopic (exact) mass is 478 g/mol. The number of allylic oxidation sites excluding steroid dienone is 4. The second-order valence-corrected chi connectivity index (χ2v) is 9.78. The van der Waals surface area contributed by atoms with E-state index in [0.29, 0.717) is 26.1 Å². The molecule has 194 valence electrons. The first-order valence-electron chi connectivity index (χ1n) is 13.4. The molecule has 0 bridgehead atoms. The van der Waals surface area contributed by atoms with Crippen molar-refractivity contribution in [2.75, 3.05) is 26.4 Å². The van der Waals surface area contributed by atoms with Crippen LogP contribution in [-0.2, 0) is 28.5 Å². The lowest BCUT2D eigenvalue weighted by molar-refractivity contribution is -0.145. The Morgan fingerprint density at radius 1 is 0.647 bits per heavy atom. The van der Waals surface area contributed by atoms with Crippen molar-refractivity contribution in [3.05, 3.63) is 23.3 Å². The van der Waals surface area contributed by atoms with Crippen LogP contribution < -0.4 is 0 Å². The normalized spacial score (nSPS) is 19.7. The van der Waals surface area contributed by atoms with Gasteiger partial charge < -0.3 is 18.9 Å². The summed E-state index contributed by atoms with van der Waals surface area (Å²) in [5.74, 6) is -0.181. The highest BCUT2D eigenvalue weighted by molar-refractivity contribution is 5.69. The highest BCUT2D eigenvalue weighted by atomic mass is 16.6. The van der Waals surface area contributed by atoms with E-state index < -0.39 is 0 Å². The molecule has 2 fully saturated rings. The maximum absolute atomic E-state index is 11.6. The smallest absolute Gasteiger partial charge is 0.305 e. The lowest BCUT2D eigenvalue weighted by Crippen LogP contribution is -2.09. The third-order valence-electron chi connectivity index (χ3n) is 6.22. The molecule has 2 aliphatic heterocycles. The quantitative estimate of drug-likeness (QED) is 0.0843. The number of hydrogen-bond acceptors (Lipinski definition) is 6. The van der Waals surface area contributed by atoms with Gasteiger partial charge in [-0.05, 0) is 65.2 Å². The van der Waals surface area contributed by atoms with Crippen LogP contribution in [0.3, 0.4) is 0 Å². The van der Waals surface area contributed by atoms with E-state index in [1.807, 2.05) is 0 Å². The third-order valence-corrected chi connectivity index (χ3v) is 6.22. The molecule has 6 heteroatoms. The second-order valence-electron chi connectivity index (χ2n) is 9.78. The minimum Gasteiger partial charge on any atom is -0.463 e. The maximum atomic E-state index is 11.6. The molecule has 0 aromatic heterocycles. The Balaban J connectivity index is 1.34. The Morgan fingerprint density at radius 3 is 1.35 bits per heavy atom. The number of hydrogen-bond donors (Lipinski definition) is 0. The Kier molecular flexibility index (Phi) is 14.9. The second kappa shape index (κ2) is 17.7. The molecule has 0 amide bonds. The zero-order valence-electron chi connectivity index (χ0n) is 21.5. The Labute approximate surface area is 206 Å². The molecule has 0 N–H and O–H groups in total. The summed E-state index contributed by atoms with van der Waals surface area (Å²) in [6, 6.07) is 0. The average Bonchev–Trinajstić information content (AvgIpc) is 3.73. The van der Waals surface area contributed by atoms with Crippen LogP contribution in [0.25, 0.3) is 0 Å². The number of epoxide rings is 2. The van der Waals surface area contributed by atoms with E-state index in [2.05, 4.69) is 26.0 Å². The Morgan fingerprint density at radius 2 is 1.00 bits per heavy atom. The lowest BCUT2D eigenvalue weighted by atomic mass is 10.0. The summed E-state index contributed by atoms with van der Waals surface area (Å²) in [6.45, 7) is 6.76. The predicted octanol–water partition coefficient (Wildman–Crippen LogP) is 6.22. The summed E-state index contributed by atoms with van der Waals surface area (Å²) in [5, 5.41) is 0. The summed E-state index contributed by atoms with van der Waals surface area (Å²) in [6.07, 6.45) is 19.3. The SMILES string of the molecule is C/C(=C\CC/C=C(\C)CCCCCCC(=O)OCC1CO1)CCCCCCC(=O)OCC1CO1. The zero-order chi connectivity index (χ0) is 24.4. The fraction of sp³-hybridized carbons (Fsp3) is 0.786. The minimum atomic E-state index is -0.0906. The standard InChI is InChI=1S/C28H46O6/c1-23(13-7-3-5-9-17-27(29)33-21-25-19-31-25)15-11-12-16-24(2)14-8-4-6-10-18-28(30)34-22-26-20-32-26/h15-16,25-26H,3-14,17-22H2,1-2H3/b23-15+,24-16+. The van der Waals surface area contributed by atoms with E-state index in [4.69, 9.17) is 18.9 Å². The summed E-state index contributed by atoms with van der Waals surface area (Å²) in [4.78, 5) is 23.1. The van der Waals surface area contributed by atoms with Gasteiger partial charge in [0.05, 0.1) is 13.2 Å². The van der Waals surface area contributed by atoms with E-state index in [0.717, 1.165) is 64.6 Å². The van der Waals surface area contributed by atoms with Gasteiger partial charge in [-0.3, -0.25) is 9.59 Å². The van der Waals surface area contributed by atoms with Crippen molar-refractivity contribution >= 4 is 11.9 Å². The van der Waals surface area contributed by atoms with Crippen LogP contribution in [0, 0.1) is 0 Å². The highest BCUT2D eigenvalue weighted by Crippen LogP contribution is 2.15. The lowest BCUT2D eigenvalue weighted by Gasteiger charge is -2.04. The van der Waals surface area contributed by atoms with Crippen LogP contribution in [0.5, 0.6) is 0 Å². The third kappa shape index (κ3) is 16.9. The number of unbranched alkanes of at least 4 members (excludes halogenated alkanes) is 7. The molecule has 2 saturated heterocycles. The molecular weight excluding hydrogens is 432 g/mol. The summed E-state index contributed by atoms with van der Waals surface area (Å²) in [7, 11) is 0. The molecule has 2 unspecified atom stereocenters. The predicted molar refractivity (Wildman–Crippen MR) is 134 cm³/mol. The van der Waals surface area contributed by atoms with Gasteiger partial charge in [0.2, 0.25) is 0 Å². The topological polar surface area (TPSA) is 77.7 Å². The van der Waals surface area contributed by atoms with Gasteiger partial charge in [-0.1, -0.05) is 49.0 Å². The van der Waals surface area contributed by atoms with Gasteiger partial charge in [0.15, 0.2) is 0 Å². The van der Waals surface area contributed by atoms with Crippen LogP contribution in [0.1, 0.15) is 104 Å². The van der Waals surface area contributed by atoms with E-state index in [1.54, 1.807) is 0 Å². The van der Waals surface area contributed by atoms with Crippen molar-refractivity contribution in [1.29, 1.82) is 0 Å². The van der Waals surface area contributed by atoms with E-state index in [1.165, 1.54) is 36.8 Å². The number of ether oxygens (including phenoxy) is 4. The molecule has 0 aromatic rings. The molecule has 2 aliphatic rings. The first-order chi connectivity index (χ1) is 16.5. The van der Waals surface area contributed by atoms with Gasteiger partial charge in [-0.2, -0.15) is 0 Å². The van der Waals surface area contributed by atoms with Gasteiger partial charge >= 0.3 is 11.9 Å². The van der Waals surface area contributed by atoms with E-state index in [9.17, 15) is 9.59 Å². The summed E-state index contributed by atoms with van der Waals surface area (Å²) >= 11 is 0. The molecule has 0 spiro atoms. The van der Waals surface area contributed by atoms with Crippen LogP contribution >= 0.6 is 0 Å². The number of rotatable bonds is 21. The van der Waals surface area contributed by atoms with Crippen molar-refractivity contribution in [3.63, 3.8) is 0 Å². The minimum absolute atomic E-state index is 0.0906. The number of carbonyl (C=O) groups is 2. The Hall–Kier alpha value is -1.66. The molecule has 0 radical (unpaired) electrons. The number of esters is 2. The zero-order valence-corrected chi connectivity index (χ0v) is 21.5. The van der Waals surface area contributed by atoms with Gasteiger partial charge in [0.25, 0.3) is 0 Å². The van der Waals surface area contributed by atoms with Gasteiger partial charge in [0, 0.05) is 12.8 Å². The van der Waals surface area contributed by atoms with E-state index in [-0.39, 0.29) is 24.1 Å². The molecule has 34 heavy (non-hydrogen) atoms. The van der Waals surface area contributed by atoms with Crippen molar-refractivity contribution < 1.29 is 28.5 Å². The summed E-state index contributed by atoms with van der Waals surface area (Å²) in [5.41, 5.74) is 2.94. The van der Waals surface area contributed by atoms with Crippen molar-refractivity contribution in [1.82, 2.24) is 0 Å². The van der Waals surface area contributed by atoms with Crippen LogP contribution in [0.2, 0.25) is 0 Å². The molecule has 2 heterocycles. The molecule has 2 atom stereocenters. The van der Waals surface area contributed by atoms with Crippen LogP contribution in [0.15, 0.2) is 23.3 Å². The van der Waals surface area contributed by atoms with Gasteiger partial charge in [-0.15, -0.1) is 0 Å². The van der Waals surface area contributed by atoms with Crippen molar-refractivity contribution in [3.8, 4) is 0 Å². The van der Waals surface area contributed by atoms with E-state index >= 15 is 0 Å². The summed E-state index contributed by atoms with van der Waals surface area (Å²) < 4.78 is 20.4. The first-order valence-corrected chi connectivity index (χ1v) is 13.4. The molecule has 0 aliphatic carbocycles. The molecule has 2 rings (SSSR count). The fourth-order valence-electron chi connectivity index (χ4n) is 3.76. The fourth-order valence-corrected chi connectivity index (χ4v) is 3.76. The Bertz CT molecular complexity index is 589. The first kappa shape index (κ1) is 28.6. The molecule has 0 aromatic carbocycles. The molecular formula is C28H46O6.